The number of nitrogens with one attached hydrogen (secondary N) is 4. The van der Waals surface area contributed by atoms with E-state index in [9.17, 15) is 14.0 Å². The van der Waals surface area contributed by atoms with Gasteiger partial charge in [-0.3, -0.25) is 9.59 Å². The Balaban J connectivity index is 1.56. The molecule has 178 valence electrons. The number of benzene rings is 1. The lowest BCUT2D eigenvalue weighted by atomic mass is 9.80. The average molecular weight is 465 g/mol. The van der Waals surface area contributed by atoms with Gasteiger partial charge in [0, 0.05) is 37.3 Å². The normalized spacial score (nSPS) is 18.0. The molecule has 1 atom stereocenters. The summed E-state index contributed by atoms with van der Waals surface area (Å²) in [6, 6.07) is 6.09. The summed E-state index contributed by atoms with van der Waals surface area (Å²) in [6.45, 7) is 3.47. The third kappa shape index (κ3) is 6.10. The van der Waals surface area contributed by atoms with Crippen LogP contribution in [-0.4, -0.2) is 41.9 Å². The van der Waals surface area contributed by atoms with Crippen molar-refractivity contribution in [2.45, 2.75) is 32.7 Å². The lowest BCUT2D eigenvalue weighted by Crippen LogP contribution is -2.46. The first-order valence-corrected chi connectivity index (χ1v) is 11.1. The van der Waals surface area contributed by atoms with Crippen LogP contribution >= 0.6 is 0 Å². The van der Waals surface area contributed by atoms with E-state index in [1.807, 2.05) is 0 Å². The lowest BCUT2D eigenvalue weighted by molar-refractivity contribution is -0.127. The molecule has 1 heterocycles. The Labute approximate surface area is 198 Å². The zero-order valence-electron chi connectivity index (χ0n) is 19.7. The molecule has 0 aliphatic heterocycles. The van der Waals surface area contributed by atoms with Crippen LogP contribution in [0.3, 0.4) is 0 Å². The lowest BCUT2D eigenvalue weighted by Gasteiger charge is -2.33. The number of amides is 2. The van der Waals surface area contributed by atoms with E-state index in [1.54, 1.807) is 52.3 Å². The van der Waals surface area contributed by atoms with Gasteiger partial charge < -0.3 is 21.3 Å². The zero-order chi connectivity index (χ0) is 24.7. The highest BCUT2D eigenvalue weighted by Crippen LogP contribution is 2.28. The van der Waals surface area contributed by atoms with E-state index in [2.05, 4.69) is 43.1 Å². The van der Waals surface area contributed by atoms with Crippen LogP contribution in [0.25, 0.3) is 0 Å². The van der Waals surface area contributed by atoms with Gasteiger partial charge in [-0.1, -0.05) is 24.0 Å². The largest absolute Gasteiger partial charge is 0.372 e. The maximum atomic E-state index is 13.4. The van der Waals surface area contributed by atoms with Gasteiger partial charge in [0.25, 0.3) is 0 Å². The van der Waals surface area contributed by atoms with Gasteiger partial charge in [-0.05, 0) is 44.9 Å². The van der Waals surface area contributed by atoms with Crippen LogP contribution < -0.4 is 21.3 Å². The molecule has 8 nitrogen and oxygen atoms in total. The Hall–Kier alpha value is -3.93. The number of allylic oxidation sites excluding steroid dienone is 1. The summed E-state index contributed by atoms with van der Waals surface area (Å²) in [5.74, 6) is 6.08. The van der Waals surface area contributed by atoms with Crippen LogP contribution in [0.5, 0.6) is 0 Å². The molecule has 2 aromatic rings. The number of likely N-dealkylation sites (N-methyl/N-ethyl adjacent to an activating group) is 1. The first kappa shape index (κ1) is 24.7. The van der Waals surface area contributed by atoms with Crippen LogP contribution in [0.15, 0.2) is 42.1 Å². The summed E-state index contributed by atoms with van der Waals surface area (Å²) in [4.78, 5) is 33.1. The molecule has 1 fully saturated rings. The molecule has 4 N–H and O–H groups in total. The van der Waals surface area contributed by atoms with Crippen molar-refractivity contribution in [1.82, 2.24) is 20.6 Å². The molecular formula is C25H29FN6O2. The summed E-state index contributed by atoms with van der Waals surface area (Å²) in [5, 5.41) is 11.5. The molecule has 0 saturated heterocycles. The van der Waals surface area contributed by atoms with E-state index in [4.69, 9.17) is 0 Å². The number of aromatic nitrogens is 2. The molecular weight excluding hydrogens is 435 g/mol. The van der Waals surface area contributed by atoms with Crippen LogP contribution in [0.2, 0.25) is 0 Å². The van der Waals surface area contributed by atoms with E-state index >= 15 is 0 Å². The smallest absolute Gasteiger partial charge is 0.247 e. The second-order valence-electron chi connectivity index (χ2n) is 8.03. The van der Waals surface area contributed by atoms with Crippen LogP contribution in [0, 0.1) is 29.5 Å². The van der Waals surface area contributed by atoms with E-state index in [0.29, 0.717) is 28.6 Å². The van der Waals surface area contributed by atoms with Gasteiger partial charge in [0.05, 0.1) is 17.7 Å². The van der Waals surface area contributed by atoms with E-state index in [0.717, 1.165) is 12.8 Å². The van der Waals surface area contributed by atoms with Gasteiger partial charge in [0.2, 0.25) is 17.8 Å². The number of rotatable bonds is 7. The molecule has 9 heteroatoms. The number of hydrogen-bond donors (Lipinski definition) is 4. The van der Waals surface area contributed by atoms with E-state index < -0.39 is 5.92 Å². The minimum Gasteiger partial charge on any atom is -0.372 e. The summed E-state index contributed by atoms with van der Waals surface area (Å²) < 4.78 is 13.4. The van der Waals surface area contributed by atoms with Crippen LogP contribution in [-0.2, 0) is 9.59 Å². The second kappa shape index (κ2) is 11.3. The molecule has 1 saturated carbocycles. The molecule has 0 radical (unpaired) electrons. The van der Waals surface area contributed by atoms with Crippen molar-refractivity contribution in [3.63, 3.8) is 0 Å². The Morgan fingerprint density at radius 1 is 1.26 bits per heavy atom. The number of anilines is 3. The Morgan fingerprint density at radius 3 is 2.68 bits per heavy atom. The van der Waals surface area contributed by atoms with Gasteiger partial charge >= 0.3 is 0 Å². The number of carbonyl (C=O) groups is 2. The van der Waals surface area contributed by atoms with E-state index in [1.165, 1.54) is 12.1 Å². The van der Waals surface area contributed by atoms with Gasteiger partial charge in [-0.25, -0.2) is 9.37 Å². The molecule has 3 rings (SSSR count). The molecule has 0 spiro atoms. The third-order valence-electron chi connectivity index (χ3n) is 5.66. The number of hydrogen-bond acceptors (Lipinski definition) is 6. The first-order chi connectivity index (χ1) is 16.3. The summed E-state index contributed by atoms with van der Waals surface area (Å²) >= 11 is 0. The third-order valence-corrected chi connectivity index (χ3v) is 5.66. The summed E-state index contributed by atoms with van der Waals surface area (Å²) in [6.07, 6.45) is 4.76. The highest BCUT2D eigenvalue weighted by atomic mass is 19.1. The molecule has 1 aromatic heterocycles. The SMILES string of the molecule is C/C=C(\C(=O)NC)[C@H](C)C(=O)NC1CC(C#Cc2cnc(Nc3cccc(F)c3)nc2NC)C1. The molecule has 34 heavy (non-hydrogen) atoms. The van der Waals surface area contributed by atoms with Crippen molar-refractivity contribution < 1.29 is 14.0 Å². The number of nitrogens with zero attached hydrogens (tertiary/aromatic N) is 2. The fourth-order valence-corrected chi connectivity index (χ4v) is 3.64. The molecule has 2 amide bonds. The predicted octanol–water partition coefficient (Wildman–Crippen LogP) is 2.98. The standard InChI is InChI=1S/C25H29FN6O2/c1-5-21(24(34)28-4)15(2)23(33)30-20-11-16(12-20)9-10-17-14-29-25(32-22(17)27-3)31-19-8-6-7-18(26)13-19/h5-8,13-16,20H,11-12H2,1-4H3,(H,28,34)(H,30,33)(H2,27,29,31,32)/b21-5-/t15-,16?,20?/m0/s1. The van der Waals surface area contributed by atoms with Gasteiger partial charge in [0.1, 0.15) is 11.6 Å². The quantitative estimate of drug-likeness (QED) is 0.371. The molecule has 1 aliphatic rings. The monoisotopic (exact) mass is 464 g/mol. The van der Waals surface area contributed by atoms with Gasteiger partial charge in [-0.15, -0.1) is 0 Å². The highest BCUT2D eigenvalue weighted by molar-refractivity contribution is 5.99. The number of carbonyl (C=O) groups excluding carboxylic acids is 2. The van der Waals surface area contributed by atoms with Crippen molar-refractivity contribution in [1.29, 1.82) is 0 Å². The van der Waals surface area contributed by atoms with Crippen molar-refractivity contribution >= 4 is 29.3 Å². The molecule has 0 unspecified atom stereocenters. The second-order valence-corrected chi connectivity index (χ2v) is 8.03. The predicted molar refractivity (Wildman–Crippen MR) is 130 cm³/mol. The van der Waals surface area contributed by atoms with Crippen molar-refractivity contribution in [2.24, 2.45) is 11.8 Å². The van der Waals surface area contributed by atoms with Gasteiger partial charge in [0.15, 0.2) is 0 Å². The van der Waals surface area contributed by atoms with Crippen LogP contribution in [0.1, 0.15) is 32.3 Å². The number of halogens is 1. The molecule has 1 aliphatic carbocycles. The maximum absolute atomic E-state index is 13.4. The molecule has 0 bridgehead atoms. The minimum absolute atomic E-state index is 0.0370. The topological polar surface area (TPSA) is 108 Å². The minimum atomic E-state index is -0.523. The molecule has 1 aromatic carbocycles. The fourth-order valence-electron chi connectivity index (χ4n) is 3.64. The fraction of sp³-hybridized carbons (Fsp3) is 0.360. The van der Waals surface area contributed by atoms with E-state index in [-0.39, 0.29) is 29.6 Å². The van der Waals surface area contributed by atoms with Gasteiger partial charge in [-0.2, -0.15) is 4.98 Å². The Bertz CT molecular complexity index is 1150. The summed E-state index contributed by atoms with van der Waals surface area (Å²) in [5.41, 5.74) is 1.65. The van der Waals surface area contributed by atoms with Crippen LogP contribution in [0.4, 0.5) is 21.8 Å². The van der Waals surface area contributed by atoms with Crippen molar-refractivity contribution in [2.75, 3.05) is 24.7 Å². The highest BCUT2D eigenvalue weighted by Gasteiger charge is 2.31. The Kier molecular flexibility index (Phi) is 8.19. The van der Waals surface area contributed by atoms with Crippen molar-refractivity contribution in [3.8, 4) is 11.8 Å². The maximum Gasteiger partial charge on any atom is 0.247 e. The summed E-state index contributed by atoms with van der Waals surface area (Å²) in [7, 11) is 3.29. The zero-order valence-corrected chi connectivity index (χ0v) is 19.7. The van der Waals surface area contributed by atoms with Crippen molar-refractivity contribution in [3.05, 3.63) is 53.5 Å². The first-order valence-electron chi connectivity index (χ1n) is 11.1. The Morgan fingerprint density at radius 2 is 2.03 bits per heavy atom. The average Bonchev–Trinajstić information content (AvgIpc) is 2.80.